The molecule has 2 aromatic carbocycles. The molecule has 1 aromatic heterocycles. The van der Waals surface area contributed by atoms with Gasteiger partial charge in [0, 0.05) is 47.6 Å². The van der Waals surface area contributed by atoms with Crippen molar-refractivity contribution in [3.8, 4) is 0 Å². The molecule has 0 fully saturated rings. The number of aromatic nitrogens is 1. The number of para-hydroxylation sites is 1. The molecule has 0 aliphatic rings. The predicted octanol–water partition coefficient (Wildman–Crippen LogP) is 2.68. The first-order valence-electron chi connectivity index (χ1n) is 7.78. The van der Waals surface area contributed by atoms with Crippen LogP contribution >= 0.6 is 0 Å². The lowest BCUT2D eigenvalue weighted by Gasteiger charge is -2.21. The van der Waals surface area contributed by atoms with Crippen LogP contribution in [-0.4, -0.2) is 16.3 Å². The minimum atomic E-state index is 0.00806. The van der Waals surface area contributed by atoms with Gasteiger partial charge >= 0.3 is 0 Å². The summed E-state index contributed by atoms with van der Waals surface area (Å²) in [6.07, 6.45) is 1.86. The summed E-state index contributed by atoms with van der Waals surface area (Å²) in [6.45, 7) is 3.06. The third-order valence-electron chi connectivity index (χ3n) is 4.22. The number of aryl methyl sites for hydroxylation is 1. The Morgan fingerprint density at radius 2 is 1.91 bits per heavy atom. The fourth-order valence-corrected chi connectivity index (χ4v) is 3.10. The number of hydrogen-bond donors (Lipinski definition) is 3. The third-order valence-corrected chi connectivity index (χ3v) is 4.22. The van der Waals surface area contributed by atoms with E-state index in [0.717, 1.165) is 17.6 Å². The zero-order valence-corrected chi connectivity index (χ0v) is 13.2. The van der Waals surface area contributed by atoms with Gasteiger partial charge in [0.2, 0.25) is 0 Å². The number of nitrogens with two attached hydrogens (primary N) is 2. The monoisotopic (exact) mass is 310 g/mol. The van der Waals surface area contributed by atoms with Crippen molar-refractivity contribution in [1.29, 1.82) is 0 Å². The smallest absolute Gasteiger partial charge is 0.0579 e. The van der Waals surface area contributed by atoms with E-state index < -0.39 is 0 Å². The lowest BCUT2D eigenvalue weighted by molar-refractivity contribution is 0.298. The van der Waals surface area contributed by atoms with Gasteiger partial charge in [0.15, 0.2) is 0 Å². The first kappa shape index (κ1) is 15.4. The Kier molecular flexibility index (Phi) is 4.23. The Morgan fingerprint density at radius 3 is 2.61 bits per heavy atom. The van der Waals surface area contributed by atoms with Gasteiger partial charge in [0.05, 0.1) is 11.4 Å². The SMILES string of the molecule is CCn1c2ccccc2c2cc(N(N)/C(=C\N)CCO)ccc21. The Hall–Kier alpha value is -2.50. The number of hydrazine groups is 1. The maximum absolute atomic E-state index is 9.13. The predicted molar refractivity (Wildman–Crippen MR) is 95.8 cm³/mol. The first-order chi connectivity index (χ1) is 11.2. The van der Waals surface area contributed by atoms with Gasteiger partial charge in [-0.3, -0.25) is 5.01 Å². The van der Waals surface area contributed by atoms with Crippen LogP contribution in [0.5, 0.6) is 0 Å². The summed E-state index contributed by atoms with van der Waals surface area (Å²) in [6, 6.07) is 14.5. The summed E-state index contributed by atoms with van der Waals surface area (Å²) in [5.74, 6) is 6.18. The van der Waals surface area contributed by atoms with E-state index in [1.807, 2.05) is 12.1 Å². The summed E-state index contributed by atoms with van der Waals surface area (Å²) < 4.78 is 2.29. The van der Waals surface area contributed by atoms with Crippen molar-refractivity contribution in [2.24, 2.45) is 11.6 Å². The summed E-state index contributed by atoms with van der Waals surface area (Å²) in [4.78, 5) is 0. The van der Waals surface area contributed by atoms with Gasteiger partial charge in [0.1, 0.15) is 0 Å². The van der Waals surface area contributed by atoms with Gasteiger partial charge in [-0.1, -0.05) is 18.2 Å². The number of hydrogen-bond acceptors (Lipinski definition) is 4. The Morgan fingerprint density at radius 1 is 1.17 bits per heavy atom. The van der Waals surface area contributed by atoms with Gasteiger partial charge in [0.25, 0.3) is 0 Å². The molecule has 0 amide bonds. The van der Waals surface area contributed by atoms with Crippen LogP contribution < -0.4 is 16.6 Å². The van der Waals surface area contributed by atoms with Gasteiger partial charge in [-0.25, -0.2) is 5.84 Å². The van der Waals surface area contributed by atoms with E-state index in [1.165, 1.54) is 27.6 Å². The van der Waals surface area contributed by atoms with Gasteiger partial charge in [-0.05, 0) is 31.2 Å². The lowest BCUT2D eigenvalue weighted by atomic mass is 10.1. The highest BCUT2D eigenvalue weighted by Gasteiger charge is 2.13. The molecular formula is C18H22N4O. The van der Waals surface area contributed by atoms with Crippen LogP contribution in [-0.2, 0) is 6.54 Å². The number of aliphatic hydroxyl groups excluding tert-OH is 1. The molecule has 120 valence electrons. The fraction of sp³-hybridized carbons (Fsp3) is 0.222. The van der Waals surface area contributed by atoms with Crippen LogP contribution in [0.4, 0.5) is 5.69 Å². The van der Waals surface area contributed by atoms with Crippen LogP contribution in [0.15, 0.2) is 54.4 Å². The Labute approximate surface area is 135 Å². The molecule has 0 atom stereocenters. The quantitative estimate of drug-likeness (QED) is 0.500. The second kappa shape index (κ2) is 6.32. The van der Waals surface area contributed by atoms with E-state index in [9.17, 15) is 0 Å². The molecule has 3 rings (SSSR count). The van der Waals surface area contributed by atoms with Crippen LogP contribution in [0, 0.1) is 0 Å². The second-order valence-corrected chi connectivity index (χ2v) is 5.46. The molecular weight excluding hydrogens is 288 g/mol. The largest absolute Gasteiger partial charge is 0.403 e. The van der Waals surface area contributed by atoms with E-state index in [4.69, 9.17) is 16.7 Å². The maximum atomic E-state index is 9.13. The lowest BCUT2D eigenvalue weighted by Crippen LogP contribution is -2.31. The topological polar surface area (TPSA) is 80.4 Å². The summed E-state index contributed by atoms with van der Waals surface area (Å²) in [5.41, 5.74) is 9.57. The molecule has 1 heterocycles. The average Bonchev–Trinajstić information content (AvgIpc) is 2.92. The molecule has 0 saturated carbocycles. The van der Waals surface area contributed by atoms with E-state index >= 15 is 0 Å². The van der Waals surface area contributed by atoms with Crippen molar-refractivity contribution in [1.82, 2.24) is 4.57 Å². The molecule has 0 spiro atoms. The van der Waals surface area contributed by atoms with Crippen LogP contribution in [0.1, 0.15) is 13.3 Å². The zero-order chi connectivity index (χ0) is 16.4. The van der Waals surface area contributed by atoms with Crippen LogP contribution in [0.3, 0.4) is 0 Å². The molecule has 0 saturated heterocycles. The molecule has 0 aliphatic carbocycles. The molecule has 5 heteroatoms. The molecule has 0 unspecified atom stereocenters. The Bertz CT molecular complexity index is 866. The number of anilines is 1. The molecule has 5 nitrogen and oxygen atoms in total. The van der Waals surface area contributed by atoms with Gasteiger partial charge in [-0.15, -0.1) is 0 Å². The summed E-state index contributed by atoms with van der Waals surface area (Å²) in [5, 5.41) is 13.0. The van der Waals surface area contributed by atoms with Crippen molar-refractivity contribution in [2.75, 3.05) is 11.6 Å². The normalized spacial score (nSPS) is 12.2. The number of benzene rings is 2. The molecule has 5 N–H and O–H groups in total. The van der Waals surface area contributed by atoms with E-state index in [2.05, 4.69) is 41.8 Å². The van der Waals surface area contributed by atoms with E-state index in [-0.39, 0.29) is 6.61 Å². The molecule has 0 bridgehead atoms. The number of fused-ring (bicyclic) bond motifs is 3. The highest BCUT2D eigenvalue weighted by atomic mass is 16.3. The summed E-state index contributed by atoms with van der Waals surface area (Å²) in [7, 11) is 0. The van der Waals surface area contributed by atoms with Crippen molar-refractivity contribution in [2.45, 2.75) is 19.9 Å². The highest BCUT2D eigenvalue weighted by Crippen LogP contribution is 2.32. The number of aliphatic hydroxyl groups is 1. The van der Waals surface area contributed by atoms with E-state index in [0.29, 0.717) is 12.1 Å². The minimum Gasteiger partial charge on any atom is -0.403 e. The standard InChI is InChI=1S/C18H22N4O/c1-2-21-17-6-4-3-5-15(17)16-11-13(7-8-18(16)21)22(20)14(12-19)9-10-23/h3-8,11-12,23H,2,9-10,19-20H2,1H3/b14-12-. The van der Waals surface area contributed by atoms with Gasteiger partial charge in [-0.2, -0.15) is 0 Å². The van der Waals surface area contributed by atoms with E-state index in [1.54, 1.807) is 0 Å². The number of nitrogens with zero attached hydrogens (tertiary/aromatic N) is 2. The fourth-order valence-electron chi connectivity index (χ4n) is 3.10. The molecule has 0 radical (unpaired) electrons. The zero-order valence-electron chi connectivity index (χ0n) is 13.2. The van der Waals surface area contributed by atoms with Gasteiger partial charge < -0.3 is 15.4 Å². The minimum absolute atomic E-state index is 0.00806. The second-order valence-electron chi connectivity index (χ2n) is 5.46. The van der Waals surface area contributed by atoms with Crippen molar-refractivity contribution in [3.05, 3.63) is 54.4 Å². The summed E-state index contributed by atoms with van der Waals surface area (Å²) >= 11 is 0. The molecule has 23 heavy (non-hydrogen) atoms. The average molecular weight is 310 g/mol. The Balaban J connectivity index is 2.17. The third kappa shape index (κ3) is 2.54. The van der Waals surface area contributed by atoms with Crippen molar-refractivity contribution >= 4 is 27.5 Å². The molecule has 0 aliphatic heterocycles. The van der Waals surface area contributed by atoms with Crippen molar-refractivity contribution < 1.29 is 5.11 Å². The van der Waals surface area contributed by atoms with Crippen LogP contribution in [0.25, 0.3) is 21.8 Å². The van der Waals surface area contributed by atoms with Crippen LogP contribution in [0.2, 0.25) is 0 Å². The van der Waals surface area contributed by atoms with Crippen molar-refractivity contribution in [3.63, 3.8) is 0 Å². The molecule has 3 aromatic rings. The number of rotatable bonds is 5. The maximum Gasteiger partial charge on any atom is 0.0579 e. The highest BCUT2D eigenvalue weighted by molar-refractivity contribution is 6.09. The first-order valence-corrected chi connectivity index (χ1v) is 7.78.